The molecule has 0 fully saturated rings. The van der Waals surface area contributed by atoms with Crippen LogP contribution in [-0.4, -0.2) is 11.5 Å². The van der Waals surface area contributed by atoms with Gasteiger partial charge in [0.25, 0.3) is 0 Å². The molecule has 0 aliphatic rings. The van der Waals surface area contributed by atoms with Gasteiger partial charge in [0.15, 0.2) is 0 Å². The van der Waals surface area contributed by atoms with Gasteiger partial charge in [0.05, 0.1) is 0 Å². The number of hydrogen-bond acceptors (Lipinski definition) is 2. The van der Waals surface area contributed by atoms with Gasteiger partial charge in [-0.25, -0.2) is 0 Å². The van der Waals surface area contributed by atoms with Gasteiger partial charge in [-0.3, -0.25) is 0 Å². The fourth-order valence-corrected chi connectivity index (χ4v) is 5.23. The Kier molecular flexibility index (Phi) is 14.8. The highest BCUT2D eigenvalue weighted by molar-refractivity contribution is 8.00. The van der Waals surface area contributed by atoms with Crippen molar-refractivity contribution in [2.75, 3.05) is 11.5 Å². The predicted molar refractivity (Wildman–Crippen MR) is 119 cm³/mol. The van der Waals surface area contributed by atoms with Crippen LogP contribution in [0.5, 0.6) is 0 Å². The van der Waals surface area contributed by atoms with Gasteiger partial charge < -0.3 is 0 Å². The Bertz CT molecular complexity index is 392. The summed E-state index contributed by atoms with van der Waals surface area (Å²) in [4.78, 5) is 2.94. The largest absolute Gasteiger partial charge is 0.126 e. The Morgan fingerprint density at radius 1 is 0.560 bits per heavy atom. The first-order valence-corrected chi connectivity index (χ1v) is 12.6. The number of rotatable bonds is 16. The van der Waals surface area contributed by atoms with E-state index in [-0.39, 0.29) is 0 Å². The second kappa shape index (κ2) is 16.1. The van der Waals surface area contributed by atoms with Crippen molar-refractivity contribution in [1.82, 2.24) is 0 Å². The van der Waals surface area contributed by atoms with Crippen molar-refractivity contribution in [2.45, 2.75) is 108 Å². The number of unbranched alkanes of at least 4 members (excludes halogenated alkanes) is 10. The lowest BCUT2D eigenvalue weighted by atomic mass is 10.1. The van der Waals surface area contributed by atoms with Gasteiger partial charge in [-0.05, 0) is 55.0 Å². The summed E-state index contributed by atoms with van der Waals surface area (Å²) in [5.74, 6) is 2.55. The van der Waals surface area contributed by atoms with E-state index in [9.17, 15) is 0 Å². The second-order valence-corrected chi connectivity index (χ2v) is 9.55. The van der Waals surface area contributed by atoms with E-state index in [0.29, 0.717) is 0 Å². The van der Waals surface area contributed by atoms with Gasteiger partial charge in [-0.1, -0.05) is 78.1 Å². The van der Waals surface area contributed by atoms with Gasteiger partial charge in [-0.2, -0.15) is 0 Å². The molecule has 0 amide bonds. The molecule has 0 atom stereocenters. The van der Waals surface area contributed by atoms with Crippen molar-refractivity contribution in [3.63, 3.8) is 0 Å². The molecule has 0 aliphatic carbocycles. The first-order chi connectivity index (χ1) is 12.3. The summed E-state index contributed by atoms with van der Waals surface area (Å²) in [5, 5.41) is 0. The molecule has 0 spiro atoms. The maximum atomic E-state index is 2.41. The quantitative estimate of drug-likeness (QED) is 0.207. The van der Waals surface area contributed by atoms with Crippen molar-refractivity contribution >= 4 is 23.5 Å². The summed E-state index contributed by atoms with van der Waals surface area (Å²) in [6, 6.07) is 7.13. The van der Waals surface area contributed by atoms with Crippen LogP contribution in [0, 0.1) is 6.92 Å². The zero-order chi connectivity index (χ0) is 18.2. The molecule has 2 heteroatoms. The van der Waals surface area contributed by atoms with Gasteiger partial charge in [-0.15, -0.1) is 23.5 Å². The fraction of sp³-hybridized carbons (Fsp3) is 0.739. The smallest absolute Gasteiger partial charge is 0.00857 e. The van der Waals surface area contributed by atoms with E-state index in [1.807, 2.05) is 0 Å². The summed E-state index contributed by atoms with van der Waals surface area (Å²) in [5.41, 5.74) is 1.42. The van der Waals surface area contributed by atoms with Crippen molar-refractivity contribution in [3.8, 4) is 0 Å². The summed E-state index contributed by atoms with van der Waals surface area (Å²) in [7, 11) is 0. The van der Waals surface area contributed by atoms with E-state index < -0.39 is 0 Å². The molecular formula is C23H40S2. The Morgan fingerprint density at radius 3 is 1.40 bits per heavy atom. The third-order valence-electron chi connectivity index (χ3n) is 4.56. The summed E-state index contributed by atoms with van der Waals surface area (Å²) in [6.07, 6.45) is 16.7. The zero-order valence-electron chi connectivity index (χ0n) is 16.9. The molecule has 0 saturated heterocycles. The minimum Gasteiger partial charge on any atom is -0.126 e. The summed E-state index contributed by atoms with van der Waals surface area (Å²) < 4.78 is 0. The van der Waals surface area contributed by atoms with E-state index in [2.05, 4.69) is 62.5 Å². The van der Waals surface area contributed by atoms with Gasteiger partial charge >= 0.3 is 0 Å². The van der Waals surface area contributed by atoms with Crippen LogP contribution in [0.3, 0.4) is 0 Å². The number of thioether (sulfide) groups is 2. The van der Waals surface area contributed by atoms with Crippen molar-refractivity contribution in [2.24, 2.45) is 0 Å². The SMILES string of the molecule is CCCCCCCCSc1cc(C)cc(SCCCCCCCC)c1. The van der Waals surface area contributed by atoms with Crippen molar-refractivity contribution in [1.29, 1.82) is 0 Å². The van der Waals surface area contributed by atoms with Crippen LogP contribution in [0.1, 0.15) is 96.5 Å². The van der Waals surface area contributed by atoms with Crippen LogP contribution in [0.4, 0.5) is 0 Å². The van der Waals surface area contributed by atoms with Crippen LogP contribution >= 0.6 is 23.5 Å². The molecule has 1 aromatic carbocycles. The topological polar surface area (TPSA) is 0 Å². The predicted octanol–water partition coefficient (Wildman–Crippen LogP) is 8.90. The molecule has 0 saturated carbocycles. The standard InChI is InChI=1S/C23H40S2/c1-4-6-8-10-12-14-16-24-22-18-21(3)19-23(20-22)25-17-15-13-11-9-7-5-2/h18-20H,4-17H2,1-3H3. The number of hydrogen-bond donors (Lipinski definition) is 0. The Morgan fingerprint density at radius 2 is 0.960 bits per heavy atom. The van der Waals surface area contributed by atoms with Crippen molar-refractivity contribution in [3.05, 3.63) is 23.8 Å². The van der Waals surface area contributed by atoms with Crippen LogP contribution in [0.15, 0.2) is 28.0 Å². The van der Waals surface area contributed by atoms with E-state index in [0.717, 1.165) is 0 Å². The van der Waals surface area contributed by atoms with Gasteiger partial charge in [0, 0.05) is 9.79 Å². The third kappa shape index (κ3) is 12.8. The highest BCUT2D eigenvalue weighted by Crippen LogP contribution is 2.28. The lowest BCUT2D eigenvalue weighted by Crippen LogP contribution is -1.86. The molecule has 1 aromatic rings. The van der Waals surface area contributed by atoms with Crippen molar-refractivity contribution < 1.29 is 0 Å². The Labute approximate surface area is 166 Å². The second-order valence-electron chi connectivity index (χ2n) is 7.21. The lowest BCUT2D eigenvalue weighted by Gasteiger charge is -2.08. The number of benzene rings is 1. The van der Waals surface area contributed by atoms with E-state index >= 15 is 0 Å². The first-order valence-electron chi connectivity index (χ1n) is 10.6. The molecule has 25 heavy (non-hydrogen) atoms. The van der Waals surface area contributed by atoms with E-state index in [1.165, 1.54) is 104 Å². The van der Waals surface area contributed by atoms with E-state index in [4.69, 9.17) is 0 Å². The molecule has 0 heterocycles. The summed E-state index contributed by atoms with van der Waals surface area (Å²) >= 11 is 4.10. The minimum atomic E-state index is 1.27. The monoisotopic (exact) mass is 380 g/mol. The van der Waals surface area contributed by atoms with E-state index in [1.54, 1.807) is 0 Å². The highest BCUT2D eigenvalue weighted by atomic mass is 32.2. The molecule has 0 bridgehead atoms. The fourth-order valence-electron chi connectivity index (χ4n) is 3.03. The molecule has 0 unspecified atom stereocenters. The van der Waals surface area contributed by atoms with Crippen LogP contribution in [0.25, 0.3) is 0 Å². The maximum Gasteiger partial charge on any atom is 0.00857 e. The molecule has 0 aliphatic heterocycles. The maximum absolute atomic E-state index is 2.41. The van der Waals surface area contributed by atoms with Crippen LogP contribution in [0.2, 0.25) is 0 Å². The Hall–Kier alpha value is -0.0800. The molecule has 0 aromatic heterocycles. The normalized spacial score (nSPS) is 11.2. The number of aryl methyl sites for hydroxylation is 1. The average Bonchev–Trinajstić information content (AvgIpc) is 2.60. The molecule has 0 radical (unpaired) electrons. The minimum absolute atomic E-state index is 1.27. The summed E-state index contributed by atoms with van der Waals surface area (Å²) in [6.45, 7) is 6.81. The van der Waals surface area contributed by atoms with Crippen LogP contribution < -0.4 is 0 Å². The Balaban J connectivity index is 2.19. The first kappa shape index (κ1) is 23.0. The molecule has 144 valence electrons. The molecule has 1 rings (SSSR count). The van der Waals surface area contributed by atoms with Crippen LogP contribution in [-0.2, 0) is 0 Å². The highest BCUT2D eigenvalue weighted by Gasteiger charge is 2.01. The molecule has 0 N–H and O–H groups in total. The van der Waals surface area contributed by atoms with Gasteiger partial charge in [0.1, 0.15) is 0 Å². The molecular weight excluding hydrogens is 340 g/mol. The third-order valence-corrected chi connectivity index (χ3v) is 6.68. The average molecular weight is 381 g/mol. The zero-order valence-corrected chi connectivity index (χ0v) is 18.6. The lowest BCUT2D eigenvalue weighted by molar-refractivity contribution is 0.627. The molecule has 0 nitrogen and oxygen atoms in total. The van der Waals surface area contributed by atoms with Gasteiger partial charge in [0.2, 0.25) is 0 Å².